The predicted molar refractivity (Wildman–Crippen MR) is 129 cm³/mol. The molecule has 9 heteroatoms. The number of H-pyrrole nitrogens is 1. The Hall–Kier alpha value is -3.93. The van der Waals surface area contributed by atoms with E-state index in [0.29, 0.717) is 48.6 Å². The Kier molecular flexibility index (Phi) is 5.67. The number of nitriles is 1. The number of ether oxygens (including phenoxy) is 1. The van der Waals surface area contributed by atoms with Gasteiger partial charge in [0.05, 0.1) is 11.6 Å². The molecule has 0 radical (unpaired) electrons. The highest BCUT2D eigenvalue weighted by Crippen LogP contribution is 2.34. The number of aromatic nitrogens is 3. The van der Waals surface area contributed by atoms with E-state index in [-0.39, 0.29) is 35.7 Å². The first kappa shape index (κ1) is 22.8. The van der Waals surface area contributed by atoms with Gasteiger partial charge in [0.15, 0.2) is 6.61 Å². The minimum atomic E-state index is -0.218. The lowest BCUT2D eigenvalue weighted by Gasteiger charge is -2.24. The van der Waals surface area contributed by atoms with Gasteiger partial charge in [-0.1, -0.05) is 20.8 Å². The van der Waals surface area contributed by atoms with Crippen LogP contribution in [0.4, 0.5) is 0 Å². The molecule has 1 aromatic heterocycles. The number of aromatic amines is 1. The van der Waals surface area contributed by atoms with Crippen molar-refractivity contribution < 1.29 is 14.3 Å². The molecule has 0 unspecified atom stereocenters. The molecule has 3 aromatic rings. The van der Waals surface area contributed by atoms with Crippen LogP contribution in [-0.2, 0) is 10.2 Å². The Morgan fingerprint density at radius 3 is 2.40 bits per heavy atom. The molecular formula is C26H28N6O3. The normalized spacial score (nSPS) is 19.6. The van der Waals surface area contributed by atoms with Gasteiger partial charge < -0.3 is 14.5 Å². The van der Waals surface area contributed by atoms with Crippen LogP contribution in [0.3, 0.4) is 0 Å². The van der Waals surface area contributed by atoms with Crippen LogP contribution in [0.15, 0.2) is 36.4 Å². The number of hydrogen-bond acceptors (Lipinski definition) is 6. The molecule has 2 atom stereocenters. The number of benzene rings is 2. The van der Waals surface area contributed by atoms with Crippen molar-refractivity contribution in [1.82, 2.24) is 25.2 Å². The van der Waals surface area contributed by atoms with Crippen LogP contribution in [0.2, 0.25) is 0 Å². The summed E-state index contributed by atoms with van der Waals surface area (Å²) in [6.07, 6.45) is 0. The fourth-order valence-electron chi connectivity index (χ4n) is 5.06. The van der Waals surface area contributed by atoms with Crippen LogP contribution in [0.1, 0.15) is 42.3 Å². The quantitative estimate of drug-likeness (QED) is 0.624. The fraction of sp³-hybridized carbons (Fsp3) is 0.423. The van der Waals surface area contributed by atoms with Gasteiger partial charge in [0.1, 0.15) is 16.8 Å². The molecule has 2 aromatic carbocycles. The highest BCUT2D eigenvalue weighted by atomic mass is 16.5. The van der Waals surface area contributed by atoms with Crippen LogP contribution in [0.25, 0.3) is 11.0 Å². The summed E-state index contributed by atoms with van der Waals surface area (Å²) in [6, 6.07) is 12.8. The predicted octanol–water partition coefficient (Wildman–Crippen LogP) is 2.74. The first-order valence-electron chi connectivity index (χ1n) is 11.8. The number of carbonyl (C=O) groups is 2. The van der Waals surface area contributed by atoms with Gasteiger partial charge in [0.2, 0.25) is 0 Å². The molecule has 2 saturated heterocycles. The second-order valence-electron chi connectivity index (χ2n) is 10.4. The van der Waals surface area contributed by atoms with Crippen molar-refractivity contribution in [3.8, 4) is 11.8 Å². The average molecular weight is 473 g/mol. The molecule has 2 aliphatic heterocycles. The van der Waals surface area contributed by atoms with E-state index in [1.807, 2.05) is 15.9 Å². The van der Waals surface area contributed by atoms with Crippen molar-refractivity contribution in [1.29, 1.82) is 5.26 Å². The molecule has 35 heavy (non-hydrogen) atoms. The van der Waals surface area contributed by atoms with Gasteiger partial charge >= 0.3 is 0 Å². The number of hydrogen-bond donors (Lipinski definition) is 1. The van der Waals surface area contributed by atoms with Crippen LogP contribution in [-0.4, -0.2) is 69.8 Å². The SMILES string of the molecule is CC(C)(C)c1cc(C#N)ccc1OCC(=O)N1C[C@H]2CN(C(=O)c3ccc4n[nH]nc4c3)C[C@@H]2C1. The number of carbonyl (C=O) groups excluding carboxylic acids is 2. The van der Waals surface area contributed by atoms with E-state index >= 15 is 0 Å². The van der Waals surface area contributed by atoms with Crippen LogP contribution < -0.4 is 4.74 Å². The van der Waals surface area contributed by atoms with E-state index in [1.165, 1.54) is 0 Å². The topological polar surface area (TPSA) is 115 Å². The van der Waals surface area contributed by atoms with Crippen LogP contribution in [0, 0.1) is 23.2 Å². The first-order chi connectivity index (χ1) is 16.7. The number of amides is 2. The molecule has 2 fully saturated rings. The number of nitrogens with zero attached hydrogens (tertiary/aromatic N) is 5. The zero-order valence-corrected chi connectivity index (χ0v) is 20.1. The van der Waals surface area contributed by atoms with Crippen molar-refractivity contribution >= 4 is 22.8 Å². The number of fused-ring (bicyclic) bond motifs is 2. The molecule has 0 aliphatic carbocycles. The minimum absolute atomic E-state index is 0.0129. The third-order valence-corrected chi connectivity index (χ3v) is 6.96. The summed E-state index contributed by atoms with van der Waals surface area (Å²) in [4.78, 5) is 29.7. The van der Waals surface area contributed by atoms with Crippen molar-refractivity contribution in [3.63, 3.8) is 0 Å². The molecule has 9 nitrogen and oxygen atoms in total. The summed E-state index contributed by atoms with van der Waals surface area (Å²) in [7, 11) is 0. The molecule has 2 aliphatic rings. The van der Waals surface area contributed by atoms with Gasteiger partial charge in [-0.3, -0.25) is 9.59 Å². The molecule has 0 bridgehead atoms. The monoisotopic (exact) mass is 472 g/mol. The van der Waals surface area contributed by atoms with E-state index < -0.39 is 0 Å². The second-order valence-corrected chi connectivity index (χ2v) is 10.4. The average Bonchev–Trinajstić information content (AvgIpc) is 3.55. The van der Waals surface area contributed by atoms with Gasteiger partial charge in [0, 0.05) is 49.1 Å². The van der Waals surface area contributed by atoms with Crippen molar-refractivity contribution in [2.75, 3.05) is 32.8 Å². The van der Waals surface area contributed by atoms with Gasteiger partial charge in [0.25, 0.3) is 11.8 Å². The summed E-state index contributed by atoms with van der Waals surface area (Å²) in [5.74, 6) is 1.08. The Morgan fingerprint density at radius 2 is 1.71 bits per heavy atom. The standard InChI is InChI=1S/C26H28N6O3/c1-26(2,3)20-8-16(10-27)4-7-23(20)35-15-24(33)31-11-18-13-32(14-19(18)12-31)25(34)17-5-6-21-22(9-17)29-30-28-21/h4-9,18-19H,11-15H2,1-3H3,(H,28,29,30)/t18-,19-/m0/s1. The number of rotatable bonds is 4. The molecule has 0 spiro atoms. The maximum absolute atomic E-state index is 13.0. The van der Waals surface area contributed by atoms with E-state index in [2.05, 4.69) is 42.3 Å². The largest absolute Gasteiger partial charge is 0.483 e. The zero-order valence-electron chi connectivity index (χ0n) is 20.1. The second kappa shape index (κ2) is 8.69. The summed E-state index contributed by atoms with van der Waals surface area (Å²) in [6.45, 7) is 8.62. The fourth-order valence-corrected chi connectivity index (χ4v) is 5.06. The molecule has 0 saturated carbocycles. The third kappa shape index (κ3) is 4.44. The van der Waals surface area contributed by atoms with E-state index in [4.69, 9.17) is 4.74 Å². The Bertz CT molecular complexity index is 1320. The highest BCUT2D eigenvalue weighted by Gasteiger charge is 2.43. The first-order valence-corrected chi connectivity index (χ1v) is 11.8. The summed E-state index contributed by atoms with van der Waals surface area (Å²) >= 11 is 0. The van der Waals surface area contributed by atoms with Gasteiger partial charge in [-0.15, -0.1) is 0 Å². The van der Waals surface area contributed by atoms with E-state index in [0.717, 1.165) is 11.1 Å². The van der Waals surface area contributed by atoms with Crippen molar-refractivity contribution in [2.45, 2.75) is 26.2 Å². The van der Waals surface area contributed by atoms with Gasteiger partial charge in [-0.2, -0.15) is 20.7 Å². The van der Waals surface area contributed by atoms with E-state index in [1.54, 1.807) is 30.3 Å². The Balaban J connectivity index is 1.18. The molecule has 180 valence electrons. The Labute approximate surface area is 203 Å². The molecule has 5 rings (SSSR count). The lowest BCUT2D eigenvalue weighted by atomic mass is 9.85. The maximum atomic E-state index is 13.0. The molecule has 2 amide bonds. The smallest absolute Gasteiger partial charge is 0.260 e. The lowest BCUT2D eigenvalue weighted by molar-refractivity contribution is -0.132. The maximum Gasteiger partial charge on any atom is 0.260 e. The van der Waals surface area contributed by atoms with Crippen LogP contribution in [0.5, 0.6) is 5.75 Å². The minimum Gasteiger partial charge on any atom is -0.483 e. The van der Waals surface area contributed by atoms with E-state index in [9.17, 15) is 14.9 Å². The van der Waals surface area contributed by atoms with Crippen molar-refractivity contribution in [2.24, 2.45) is 11.8 Å². The number of nitrogens with one attached hydrogen (secondary N) is 1. The molecule has 3 heterocycles. The van der Waals surface area contributed by atoms with Gasteiger partial charge in [-0.05, 0) is 41.8 Å². The van der Waals surface area contributed by atoms with Gasteiger partial charge in [-0.25, -0.2) is 0 Å². The van der Waals surface area contributed by atoms with Crippen LogP contribution >= 0.6 is 0 Å². The summed E-state index contributed by atoms with van der Waals surface area (Å²) in [5.41, 5.74) is 3.26. The molecular weight excluding hydrogens is 444 g/mol. The lowest BCUT2D eigenvalue weighted by Crippen LogP contribution is -2.37. The Morgan fingerprint density at radius 1 is 1.03 bits per heavy atom. The zero-order chi connectivity index (χ0) is 24.7. The third-order valence-electron chi connectivity index (χ3n) is 6.96. The van der Waals surface area contributed by atoms with Crippen molar-refractivity contribution in [3.05, 3.63) is 53.1 Å². The molecule has 1 N–H and O–H groups in total. The highest BCUT2D eigenvalue weighted by molar-refractivity contribution is 5.97. The summed E-state index contributed by atoms with van der Waals surface area (Å²) in [5, 5.41) is 19.9. The number of likely N-dealkylation sites (tertiary alicyclic amines) is 2. The summed E-state index contributed by atoms with van der Waals surface area (Å²) < 4.78 is 5.93.